The van der Waals surface area contributed by atoms with E-state index in [0.29, 0.717) is 11.6 Å². The maximum atomic E-state index is 8.91. The van der Waals surface area contributed by atoms with Gasteiger partial charge in [-0.25, -0.2) is 4.98 Å². The molecule has 0 fully saturated rings. The monoisotopic (exact) mass is 208 g/mol. The Morgan fingerprint density at radius 1 is 1.50 bits per heavy atom. The number of nitrogens with two attached hydrogens (primary N) is 1. The van der Waals surface area contributed by atoms with E-state index in [-0.39, 0.29) is 6.61 Å². The summed E-state index contributed by atoms with van der Waals surface area (Å²) < 4.78 is 1.11. The quantitative estimate of drug-likeness (QED) is 0.790. The number of nitrogens with zero attached hydrogens (tertiary/aromatic N) is 1. The summed E-state index contributed by atoms with van der Waals surface area (Å²) in [5, 5.41) is 9.50. The lowest BCUT2D eigenvalue weighted by Crippen LogP contribution is -1.91. The second kappa shape index (κ2) is 3.55. The zero-order valence-corrected chi connectivity index (χ0v) is 8.77. The van der Waals surface area contributed by atoms with Gasteiger partial charge in [-0.2, -0.15) is 0 Å². The lowest BCUT2D eigenvalue weighted by molar-refractivity contribution is 0.300. The Morgan fingerprint density at radius 3 is 3.00 bits per heavy atom. The van der Waals surface area contributed by atoms with E-state index in [1.165, 1.54) is 11.3 Å². The topological polar surface area (TPSA) is 59.1 Å². The second-order valence-corrected chi connectivity index (χ2v) is 4.28. The van der Waals surface area contributed by atoms with Crippen LogP contribution in [0, 0.1) is 6.92 Å². The largest absolute Gasteiger partial charge is 0.396 e. The molecule has 2 rings (SSSR count). The Bertz CT molecular complexity index is 464. The summed E-state index contributed by atoms with van der Waals surface area (Å²) in [5.74, 6) is 0. The van der Waals surface area contributed by atoms with Crippen LogP contribution in [0.5, 0.6) is 0 Å². The fourth-order valence-electron chi connectivity index (χ4n) is 1.52. The normalized spacial score (nSPS) is 11.0. The third-order valence-corrected chi connectivity index (χ3v) is 3.18. The average molecular weight is 208 g/mol. The number of aromatic nitrogens is 1. The first kappa shape index (κ1) is 9.43. The fraction of sp³-hybridized carbons (Fsp3) is 0.300. The van der Waals surface area contributed by atoms with Gasteiger partial charge in [0.25, 0.3) is 0 Å². The minimum atomic E-state index is 0.163. The molecule has 0 unspecified atom stereocenters. The van der Waals surface area contributed by atoms with Gasteiger partial charge in [0.2, 0.25) is 0 Å². The first-order chi connectivity index (χ1) is 6.72. The first-order valence-corrected chi connectivity index (χ1v) is 5.29. The van der Waals surface area contributed by atoms with Crippen LogP contribution in [-0.4, -0.2) is 16.7 Å². The number of benzene rings is 1. The lowest BCUT2D eigenvalue weighted by Gasteiger charge is -2.01. The highest BCUT2D eigenvalue weighted by Gasteiger charge is 2.08. The van der Waals surface area contributed by atoms with Gasteiger partial charge in [0.1, 0.15) is 0 Å². The van der Waals surface area contributed by atoms with Crippen LogP contribution in [-0.2, 0) is 6.42 Å². The molecule has 0 radical (unpaired) electrons. The van der Waals surface area contributed by atoms with Gasteiger partial charge in [-0.15, -0.1) is 0 Å². The number of fused-ring (bicyclic) bond motifs is 1. The van der Waals surface area contributed by atoms with E-state index in [2.05, 4.69) is 4.98 Å². The van der Waals surface area contributed by atoms with Crippen LogP contribution in [0.2, 0.25) is 0 Å². The van der Waals surface area contributed by atoms with Crippen LogP contribution < -0.4 is 5.73 Å². The number of aliphatic hydroxyl groups is 1. The third kappa shape index (κ3) is 1.47. The molecule has 3 N–H and O–H groups in total. The summed E-state index contributed by atoms with van der Waals surface area (Å²) in [6, 6.07) is 4.05. The van der Waals surface area contributed by atoms with Crippen molar-refractivity contribution in [1.82, 2.24) is 4.98 Å². The lowest BCUT2D eigenvalue weighted by atomic mass is 10.1. The molecule has 3 nitrogen and oxygen atoms in total. The Kier molecular flexibility index (Phi) is 2.39. The Balaban J connectivity index is 2.68. The van der Waals surface area contributed by atoms with Crippen LogP contribution in [0.25, 0.3) is 10.2 Å². The molecule has 14 heavy (non-hydrogen) atoms. The zero-order chi connectivity index (χ0) is 10.1. The zero-order valence-electron chi connectivity index (χ0n) is 7.95. The highest BCUT2D eigenvalue weighted by Crippen LogP contribution is 2.29. The van der Waals surface area contributed by atoms with Crippen LogP contribution in [0.3, 0.4) is 0 Å². The van der Waals surface area contributed by atoms with Crippen molar-refractivity contribution in [2.45, 2.75) is 13.3 Å². The second-order valence-electron chi connectivity index (χ2n) is 3.25. The maximum Gasteiger partial charge on any atom is 0.181 e. The molecule has 0 aliphatic rings. The average Bonchev–Trinajstić information content (AvgIpc) is 2.53. The number of thiazole rings is 1. The SMILES string of the molecule is Cc1ccc(CCO)c2sc(N)nc12. The summed E-state index contributed by atoms with van der Waals surface area (Å²) in [6.45, 7) is 2.18. The summed E-state index contributed by atoms with van der Waals surface area (Å²) in [4.78, 5) is 4.27. The van der Waals surface area contributed by atoms with Crippen molar-refractivity contribution in [3.05, 3.63) is 23.3 Å². The molecule has 1 heterocycles. The van der Waals surface area contributed by atoms with Crippen molar-refractivity contribution < 1.29 is 5.11 Å². The van der Waals surface area contributed by atoms with E-state index >= 15 is 0 Å². The minimum absolute atomic E-state index is 0.163. The highest BCUT2D eigenvalue weighted by atomic mass is 32.1. The fourth-order valence-corrected chi connectivity index (χ4v) is 2.47. The number of rotatable bonds is 2. The Hall–Kier alpha value is -1.13. The molecule has 1 aromatic heterocycles. The van der Waals surface area contributed by atoms with Gasteiger partial charge in [0.15, 0.2) is 5.13 Å². The summed E-state index contributed by atoms with van der Waals surface area (Å²) >= 11 is 1.49. The van der Waals surface area contributed by atoms with E-state index in [1.807, 2.05) is 19.1 Å². The standard InChI is InChI=1S/C10H12N2OS/c1-6-2-3-7(4-5-13)9-8(6)12-10(11)14-9/h2-3,13H,4-5H2,1H3,(H2,11,12). The van der Waals surface area contributed by atoms with Crippen LogP contribution in [0.4, 0.5) is 5.13 Å². The smallest absolute Gasteiger partial charge is 0.181 e. The van der Waals surface area contributed by atoms with Gasteiger partial charge < -0.3 is 10.8 Å². The predicted molar refractivity (Wildman–Crippen MR) is 59.6 cm³/mol. The molecule has 0 amide bonds. The van der Waals surface area contributed by atoms with Gasteiger partial charge in [-0.05, 0) is 24.5 Å². The van der Waals surface area contributed by atoms with Crippen molar-refractivity contribution in [3.8, 4) is 0 Å². The van der Waals surface area contributed by atoms with E-state index in [1.54, 1.807) is 0 Å². The van der Waals surface area contributed by atoms with Gasteiger partial charge in [-0.3, -0.25) is 0 Å². The van der Waals surface area contributed by atoms with Crippen molar-refractivity contribution in [2.24, 2.45) is 0 Å². The Labute approximate surface area is 86.2 Å². The third-order valence-electron chi connectivity index (χ3n) is 2.22. The van der Waals surface area contributed by atoms with Crippen LogP contribution in [0.15, 0.2) is 12.1 Å². The Morgan fingerprint density at radius 2 is 2.29 bits per heavy atom. The molecule has 0 aliphatic carbocycles. The molecule has 0 saturated carbocycles. The predicted octanol–water partition coefficient (Wildman–Crippen LogP) is 1.72. The van der Waals surface area contributed by atoms with E-state index in [0.717, 1.165) is 21.3 Å². The number of aliphatic hydroxyl groups excluding tert-OH is 1. The van der Waals surface area contributed by atoms with Crippen molar-refractivity contribution in [3.63, 3.8) is 0 Å². The molecule has 74 valence electrons. The van der Waals surface area contributed by atoms with Gasteiger partial charge in [0, 0.05) is 6.61 Å². The number of hydrogen-bond donors (Lipinski definition) is 2. The summed E-state index contributed by atoms with van der Waals surface area (Å²) in [6.07, 6.45) is 0.665. The van der Waals surface area contributed by atoms with Crippen molar-refractivity contribution in [1.29, 1.82) is 0 Å². The molecule has 4 heteroatoms. The molecule has 0 atom stereocenters. The van der Waals surface area contributed by atoms with Crippen molar-refractivity contribution >= 4 is 26.7 Å². The molecule has 0 bridgehead atoms. The maximum absolute atomic E-state index is 8.91. The number of anilines is 1. The van der Waals surface area contributed by atoms with E-state index in [9.17, 15) is 0 Å². The van der Waals surface area contributed by atoms with Crippen LogP contribution in [0.1, 0.15) is 11.1 Å². The van der Waals surface area contributed by atoms with E-state index < -0.39 is 0 Å². The van der Waals surface area contributed by atoms with Crippen molar-refractivity contribution in [2.75, 3.05) is 12.3 Å². The van der Waals surface area contributed by atoms with Gasteiger partial charge in [-0.1, -0.05) is 23.5 Å². The highest BCUT2D eigenvalue weighted by molar-refractivity contribution is 7.22. The van der Waals surface area contributed by atoms with Gasteiger partial charge >= 0.3 is 0 Å². The molecule has 0 aliphatic heterocycles. The first-order valence-electron chi connectivity index (χ1n) is 4.47. The number of nitrogen functional groups attached to an aromatic ring is 1. The van der Waals surface area contributed by atoms with E-state index in [4.69, 9.17) is 10.8 Å². The minimum Gasteiger partial charge on any atom is -0.396 e. The molecular weight excluding hydrogens is 196 g/mol. The summed E-state index contributed by atoms with van der Waals surface area (Å²) in [5.41, 5.74) is 8.90. The number of aryl methyl sites for hydroxylation is 1. The number of hydrogen-bond acceptors (Lipinski definition) is 4. The summed E-state index contributed by atoms with van der Waals surface area (Å²) in [7, 11) is 0. The molecule has 1 aromatic carbocycles. The molecular formula is C10H12N2OS. The molecule has 0 saturated heterocycles. The van der Waals surface area contributed by atoms with Gasteiger partial charge in [0.05, 0.1) is 10.2 Å². The van der Waals surface area contributed by atoms with Crippen LogP contribution >= 0.6 is 11.3 Å². The molecule has 2 aromatic rings. The molecule has 0 spiro atoms.